The van der Waals surface area contributed by atoms with Crippen molar-refractivity contribution < 1.29 is 0 Å². The normalized spacial score (nSPS) is 16.0. The molecule has 0 amide bonds. The van der Waals surface area contributed by atoms with Gasteiger partial charge in [-0.3, -0.25) is 9.56 Å². The summed E-state index contributed by atoms with van der Waals surface area (Å²) >= 11 is 0. The fourth-order valence-corrected chi connectivity index (χ4v) is 5.68. The Kier molecular flexibility index (Phi) is 4.79. The van der Waals surface area contributed by atoms with Crippen LogP contribution < -0.4 is 0 Å². The first kappa shape index (κ1) is 21.3. The van der Waals surface area contributed by atoms with E-state index in [4.69, 9.17) is 4.98 Å². The fourth-order valence-electron chi connectivity index (χ4n) is 5.68. The van der Waals surface area contributed by atoms with Crippen molar-refractivity contribution in [2.24, 2.45) is 4.99 Å². The second-order valence-corrected chi connectivity index (χ2v) is 9.17. The Labute approximate surface area is 214 Å². The van der Waals surface area contributed by atoms with Gasteiger partial charge in [-0.05, 0) is 48.0 Å². The van der Waals surface area contributed by atoms with Gasteiger partial charge in [0.1, 0.15) is 5.82 Å². The van der Waals surface area contributed by atoms with Crippen LogP contribution in [0.5, 0.6) is 0 Å². The van der Waals surface area contributed by atoms with Gasteiger partial charge in [0.15, 0.2) is 0 Å². The molecule has 0 saturated heterocycles. The Balaban J connectivity index is 1.76. The highest BCUT2D eigenvalue weighted by Crippen LogP contribution is 2.43. The molecule has 1 aliphatic rings. The molecule has 7 rings (SSSR count). The zero-order chi connectivity index (χ0) is 24.9. The van der Waals surface area contributed by atoms with Gasteiger partial charge in [-0.1, -0.05) is 79.4 Å². The van der Waals surface area contributed by atoms with E-state index in [1.54, 1.807) is 6.20 Å². The minimum absolute atomic E-state index is 0.902. The standard InChI is InChI=1S/C33H24N4/c1-3-34-27-16-8-6-13-24(27)22(2)36-29-20-19-23-12-4-5-14-25(23)31(29)33-32(36)26-15-7-9-17-28(26)37(33)30-18-10-11-21-35-30/h3-21H,1H2,2H3/b24-22+,34-27?. The molecule has 4 nitrogen and oxygen atoms in total. The number of pyridine rings is 1. The maximum absolute atomic E-state index is 4.78. The van der Waals surface area contributed by atoms with Crippen molar-refractivity contribution in [3.8, 4) is 5.82 Å². The fraction of sp³-hybridized carbons (Fsp3) is 0.0303. The number of hydrogen-bond acceptors (Lipinski definition) is 2. The van der Waals surface area contributed by atoms with Gasteiger partial charge in [0.2, 0.25) is 0 Å². The summed E-state index contributed by atoms with van der Waals surface area (Å²) in [4.78, 5) is 9.36. The Morgan fingerprint density at radius 2 is 1.59 bits per heavy atom. The van der Waals surface area contributed by atoms with Crippen molar-refractivity contribution in [1.82, 2.24) is 14.1 Å². The average Bonchev–Trinajstić information content (AvgIpc) is 3.46. The lowest BCUT2D eigenvalue weighted by molar-refractivity contribution is 1.08. The van der Waals surface area contributed by atoms with Crippen LogP contribution in [-0.4, -0.2) is 19.8 Å². The molecule has 0 fully saturated rings. The maximum atomic E-state index is 4.78. The van der Waals surface area contributed by atoms with Crippen LogP contribution in [0.1, 0.15) is 6.92 Å². The summed E-state index contributed by atoms with van der Waals surface area (Å²) in [6, 6.07) is 27.8. The van der Waals surface area contributed by atoms with Crippen molar-refractivity contribution >= 4 is 55.0 Å². The zero-order valence-electron chi connectivity index (χ0n) is 20.5. The number of allylic oxidation sites excluding steroid dienone is 6. The largest absolute Gasteiger partial charge is 0.310 e. The number of benzene rings is 3. The molecule has 6 aromatic rings. The molecule has 0 spiro atoms. The van der Waals surface area contributed by atoms with Gasteiger partial charge in [0, 0.05) is 34.4 Å². The summed E-state index contributed by atoms with van der Waals surface area (Å²) in [5, 5.41) is 4.83. The number of para-hydroxylation sites is 1. The van der Waals surface area contributed by atoms with Gasteiger partial charge < -0.3 is 4.57 Å². The number of nitrogens with zero attached hydrogens (tertiary/aromatic N) is 4. The van der Waals surface area contributed by atoms with Gasteiger partial charge >= 0.3 is 0 Å². The third-order valence-corrected chi connectivity index (χ3v) is 7.19. The Hall–Kier alpha value is -4.96. The van der Waals surface area contributed by atoms with Gasteiger partial charge in [-0.25, -0.2) is 4.98 Å². The number of aliphatic imine (C=N–C) groups is 1. The molecule has 0 atom stereocenters. The highest BCUT2D eigenvalue weighted by molar-refractivity contribution is 6.27. The van der Waals surface area contributed by atoms with E-state index in [9.17, 15) is 0 Å². The molecule has 0 radical (unpaired) electrons. The van der Waals surface area contributed by atoms with Gasteiger partial charge in [0.05, 0.1) is 27.8 Å². The molecule has 0 saturated carbocycles. The first-order chi connectivity index (χ1) is 18.3. The maximum Gasteiger partial charge on any atom is 0.137 e. The molecular formula is C33H24N4. The lowest BCUT2D eigenvalue weighted by Crippen LogP contribution is -2.06. The van der Waals surface area contributed by atoms with Gasteiger partial charge in [-0.2, -0.15) is 0 Å². The first-order valence-corrected chi connectivity index (χ1v) is 12.4. The molecule has 3 aromatic heterocycles. The minimum Gasteiger partial charge on any atom is -0.310 e. The zero-order valence-corrected chi connectivity index (χ0v) is 20.5. The third-order valence-electron chi connectivity index (χ3n) is 7.19. The second-order valence-electron chi connectivity index (χ2n) is 9.17. The molecule has 37 heavy (non-hydrogen) atoms. The first-order valence-electron chi connectivity index (χ1n) is 12.4. The SMILES string of the molecule is C=CN=C1C=CC=C/C1=C(/C)n1c2ccc3ccccc3c2c2c1c1ccccc1n2-c1ccccn1. The smallest absolute Gasteiger partial charge is 0.137 e. The molecular weight excluding hydrogens is 452 g/mol. The molecule has 0 aliphatic heterocycles. The van der Waals surface area contributed by atoms with Crippen LogP contribution in [0, 0.1) is 0 Å². The Bertz CT molecular complexity index is 1990. The van der Waals surface area contributed by atoms with E-state index in [1.807, 2.05) is 30.5 Å². The summed E-state index contributed by atoms with van der Waals surface area (Å²) in [5.74, 6) is 0.903. The van der Waals surface area contributed by atoms with E-state index in [2.05, 4.69) is 107 Å². The summed E-state index contributed by atoms with van der Waals surface area (Å²) in [7, 11) is 0. The lowest BCUT2D eigenvalue weighted by atomic mass is 10.0. The van der Waals surface area contributed by atoms with Gasteiger partial charge in [-0.15, -0.1) is 0 Å². The molecule has 4 heteroatoms. The minimum atomic E-state index is 0.902. The van der Waals surface area contributed by atoms with Crippen molar-refractivity contribution in [3.05, 3.63) is 128 Å². The van der Waals surface area contributed by atoms with Crippen LogP contribution in [0.25, 0.3) is 55.1 Å². The number of hydrogen-bond donors (Lipinski definition) is 0. The van der Waals surface area contributed by atoms with Crippen molar-refractivity contribution in [2.75, 3.05) is 0 Å². The predicted octanol–water partition coefficient (Wildman–Crippen LogP) is 8.23. The summed E-state index contributed by atoms with van der Waals surface area (Å²) < 4.78 is 4.71. The third kappa shape index (κ3) is 3.09. The quantitative estimate of drug-likeness (QED) is 0.253. The average molecular weight is 477 g/mol. The summed E-state index contributed by atoms with van der Waals surface area (Å²) in [5.41, 5.74) is 7.70. The van der Waals surface area contributed by atoms with E-state index < -0.39 is 0 Å². The number of aromatic nitrogens is 3. The predicted molar refractivity (Wildman–Crippen MR) is 156 cm³/mol. The highest BCUT2D eigenvalue weighted by atomic mass is 15.1. The summed E-state index contributed by atoms with van der Waals surface area (Å²) in [6.07, 6.45) is 11.7. The van der Waals surface area contributed by atoms with Crippen LogP contribution in [-0.2, 0) is 0 Å². The van der Waals surface area contributed by atoms with E-state index in [-0.39, 0.29) is 0 Å². The van der Waals surface area contributed by atoms with Gasteiger partial charge in [0.25, 0.3) is 0 Å². The van der Waals surface area contributed by atoms with Crippen molar-refractivity contribution in [3.63, 3.8) is 0 Å². The van der Waals surface area contributed by atoms with Crippen LogP contribution in [0.15, 0.2) is 133 Å². The van der Waals surface area contributed by atoms with E-state index in [0.29, 0.717) is 0 Å². The van der Waals surface area contributed by atoms with E-state index >= 15 is 0 Å². The molecule has 0 unspecified atom stereocenters. The molecule has 3 aromatic carbocycles. The van der Waals surface area contributed by atoms with Crippen LogP contribution >= 0.6 is 0 Å². The van der Waals surface area contributed by atoms with Crippen molar-refractivity contribution in [2.45, 2.75) is 6.92 Å². The van der Waals surface area contributed by atoms with Crippen LogP contribution in [0.3, 0.4) is 0 Å². The molecule has 3 heterocycles. The molecule has 176 valence electrons. The molecule has 0 N–H and O–H groups in total. The second kappa shape index (κ2) is 8.32. The summed E-state index contributed by atoms with van der Waals surface area (Å²) in [6.45, 7) is 6.02. The van der Waals surface area contributed by atoms with Crippen LogP contribution in [0.2, 0.25) is 0 Å². The topological polar surface area (TPSA) is 35.1 Å². The van der Waals surface area contributed by atoms with E-state index in [1.165, 1.54) is 27.1 Å². The monoisotopic (exact) mass is 476 g/mol. The Morgan fingerprint density at radius 3 is 2.43 bits per heavy atom. The lowest BCUT2D eigenvalue weighted by Gasteiger charge is -2.15. The Morgan fingerprint density at radius 1 is 0.811 bits per heavy atom. The number of fused-ring (bicyclic) bond motifs is 7. The highest BCUT2D eigenvalue weighted by Gasteiger charge is 2.24. The molecule has 1 aliphatic carbocycles. The molecule has 0 bridgehead atoms. The van der Waals surface area contributed by atoms with Crippen LogP contribution in [0.4, 0.5) is 0 Å². The van der Waals surface area contributed by atoms with Crippen molar-refractivity contribution in [1.29, 1.82) is 0 Å². The number of rotatable bonds is 3. The van der Waals surface area contributed by atoms with E-state index in [0.717, 1.165) is 39.3 Å².